The number of ether oxygens (including phenoxy) is 1. The first-order valence-electron chi connectivity index (χ1n) is 5.82. The summed E-state index contributed by atoms with van der Waals surface area (Å²) < 4.78 is 7.76. The summed E-state index contributed by atoms with van der Waals surface area (Å²) >= 11 is 3.42. The normalized spacial score (nSPS) is 10.8. The van der Waals surface area contributed by atoms with Gasteiger partial charge in [0.15, 0.2) is 0 Å². The van der Waals surface area contributed by atoms with E-state index in [-0.39, 0.29) is 12.5 Å². The minimum absolute atomic E-state index is 0.169. The average molecular weight is 312 g/mol. The van der Waals surface area contributed by atoms with E-state index >= 15 is 0 Å². The summed E-state index contributed by atoms with van der Waals surface area (Å²) in [5.41, 5.74) is 0.726. The van der Waals surface area contributed by atoms with Crippen LogP contribution in [0.25, 0.3) is 11.0 Å². The Hall–Kier alpha value is -1.43. The average Bonchev–Trinajstić information content (AvgIpc) is 2.67. The van der Waals surface area contributed by atoms with Crippen molar-refractivity contribution >= 4 is 32.9 Å². The molecule has 2 rings (SSSR count). The van der Waals surface area contributed by atoms with Gasteiger partial charge >= 0.3 is 5.97 Å². The maximum absolute atomic E-state index is 11.6. The molecule has 96 valence electrons. The van der Waals surface area contributed by atoms with E-state index in [1.54, 1.807) is 10.8 Å². The molecule has 0 aliphatic carbocycles. The highest BCUT2D eigenvalue weighted by Gasteiger charge is 2.11. The first-order valence-corrected chi connectivity index (χ1v) is 6.61. The van der Waals surface area contributed by atoms with Crippen LogP contribution in [0.4, 0.5) is 0 Å². The van der Waals surface area contributed by atoms with Crippen molar-refractivity contribution in [2.45, 2.75) is 26.3 Å². The number of hydrogen-bond donors (Lipinski definition) is 0. The Morgan fingerprint density at radius 2 is 2.39 bits per heavy atom. The molecule has 0 atom stereocenters. The number of esters is 1. The maximum atomic E-state index is 11.6. The molecule has 0 spiro atoms. The quantitative estimate of drug-likeness (QED) is 0.629. The molecule has 2 heterocycles. The second-order valence-electron chi connectivity index (χ2n) is 3.94. The topological polar surface area (TPSA) is 57.0 Å². The number of halogens is 1. The fraction of sp³-hybridized carbons (Fsp3) is 0.417. The van der Waals surface area contributed by atoms with Crippen LogP contribution < -0.4 is 0 Å². The molecule has 18 heavy (non-hydrogen) atoms. The summed E-state index contributed by atoms with van der Waals surface area (Å²) in [7, 11) is 0. The van der Waals surface area contributed by atoms with Crippen LogP contribution >= 0.6 is 15.9 Å². The Kier molecular flexibility index (Phi) is 4.30. The molecule has 0 fully saturated rings. The van der Waals surface area contributed by atoms with E-state index in [0.717, 1.165) is 28.3 Å². The van der Waals surface area contributed by atoms with Gasteiger partial charge in [-0.15, -0.1) is 0 Å². The van der Waals surface area contributed by atoms with Gasteiger partial charge in [-0.05, 0) is 22.4 Å². The van der Waals surface area contributed by atoms with E-state index in [2.05, 4.69) is 32.8 Å². The van der Waals surface area contributed by atoms with Gasteiger partial charge in [0, 0.05) is 16.9 Å². The Balaban J connectivity index is 2.10. The number of fused-ring (bicyclic) bond motifs is 1. The zero-order valence-corrected chi connectivity index (χ0v) is 11.7. The van der Waals surface area contributed by atoms with Crippen molar-refractivity contribution in [2.24, 2.45) is 0 Å². The molecule has 0 aliphatic rings. The lowest BCUT2D eigenvalue weighted by molar-refractivity contribution is -0.144. The van der Waals surface area contributed by atoms with Crippen molar-refractivity contribution in [3.63, 3.8) is 0 Å². The largest absolute Gasteiger partial charge is 0.464 e. The van der Waals surface area contributed by atoms with Gasteiger partial charge in [0.05, 0.1) is 12.0 Å². The minimum atomic E-state index is -0.244. The van der Waals surface area contributed by atoms with E-state index in [1.165, 1.54) is 6.33 Å². The van der Waals surface area contributed by atoms with E-state index in [0.29, 0.717) is 6.61 Å². The third-order valence-corrected chi connectivity index (χ3v) is 3.18. The highest BCUT2D eigenvalue weighted by molar-refractivity contribution is 9.10. The van der Waals surface area contributed by atoms with E-state index < -0.39 is 0 Å². The van der Waals surface area contributed by atoms with Crippen LogP contribution in [0.3, 0.4) is 0 Å². The van der Waals surface area contributed by atoms with Crippen LogP contribution in [0.2, 0.25) is 0 Å². The molecule has 0 bridgehead atoms. The summed E-state index contributed by atoms with van der Waals surface area (Å²) in [5, 5.41) is 0.888. The summed E-state index contributed by atoms with van der Waals surface area (Å²) in [4.78, 5) is 19.8. The number of carbonyl (C=O) groups excluding carboxylic acids is 1. The number of nitrogens with zero attached hydrogens (tertiary/aromatic N) is 3. The van der Waals surface area contributed by atoms with Crippen LogP contribution in [-0.4, -0.2) is 27.1 Å². The molecule has 0 unspecified atom stereocenters. The van der Waals surface area contributed by atoms with Crippen LogP contribution in [0.1, 0.15) is 19.8 Å². The van der Waals surface area contributed by atoms with Gasteiger partial charge < -0.3 is 9.30 Å². The predicted octanol–water partition coefficient (Wildman–Crippen LogP) is 2.54. The molecular formula is C12H14BrN3O2. The van der Waals surface area contributed by atoms with Gasteiger partial charge in [0.25, 0.3) is 0 Å². The molecular weight excluding hydrogens is 298 g/mol. The third kappa shape index (κ3) is 2.87. The van der Waals surface area contributed by atoms with Gasteiger partial charge in [0.2, 0.25) is 0 Å². The summed E-state index contributed by atoms with van der Waals surface area (Å²) in [6.45, 7) is 2.70. The van der Waals surface area contributed by atoms with Gasteiger partial charge in [-0.3, -0.25) is 4.79 Å². The van der Waals surface area contributed by atoms with Crippen molar-refractivity contribution in [3.8, 4) is 0 Å². The van der Waals surface area contributed by atoms with Gasteiger partial charge in [-0.25, -0.2) is 9.97 Å². The van der Waals surface area contributed by atoms with Crippen molar-refractivity contribution < 1.29 is 9.53 Å². The van der Waals surface area contributed by atoms with Gasteiger partial charge in [0.1, 0.15) is 18.5 Å². The molecule has 0 aliphatic heterocycles. The highest BCUT2D eigenvalue weighted by atomic mass is 79.9. The molecule has 6 heteroatoms. The predicted molar refractivity (Wildman–Crippen MR) is 71.1 cm³/mol. The van der Waals surface area contributed by atoms with Gasteiger partial charge in [-0.2, -0.15) is 0 Å². The monoisotopic (exact) mass is 311 g/mol. The molecule has 2 aromatic rings. The Morgan fingerprint density at radius 3 is 3.17 bits per heavy atom. The Morgan fingerprint density at radius 1 is 1.56 bits per heavy atom. The zero-order chi connectivity index (χ0) is 13.0. The molecule has 0 aromatic carbocycles. The first kappa shape index (κ1) is 13.0. The second kappa shape index (κ2) is 5.95. The standard InChI is InChI=1S/C12H14BrN3O2/c1-2-3-4-18-11(17)7-16-6-10(13)9-5-14-8-15-12(9)16/h5-6,8H,2-4,7H2,1H3. The third-order valence-electron chi connectivity index (χ3n) is 2.55. The fourth-order valence-corrected chi connectivity index (χ4v) is 2.15. The summed E-state index contributed by atoms with van der Waals surface area (Å²) in [5.74, 6) is -0.244. The van der Waals surface area contributed by atoms with Crippen LogP contribution in [0.15, 0.2) is 23.2 Å². The number of aromatic nitrogens is 3. The number of rotatable bonds is 5. The summed E-state index contributed by atoms with van der Waals surface area (Å²) in [6.07, 6.45) is 6.90. The van der Waals surface area contributed by atoms with Crippen molar-refractivity contribution in [3.05, 3.63) is 23.2 Å². The lowest BCUT2D eigenvalue weighted by Crippen LogP contribution is -2.13. The number of carbonyl (C=O) groups is 1. The van der Waals surface area contributed by atoms with Crippen LogP contribution in [0.5, 0.6) is 0 Å². The van der Waals surface area contributed by atoms with E-state index in [4.69, 9.17) is 4.74 Å². The van der Waals surface area contributed by atoms with Crippen LogP contribution in [-0.2, 0) is 16.1 Å². The molecule has 0 N–H and O–H groups in total. The fourth-order valence-electron chi connectivity index (χ4n) is 1.62. The number of unbranched alkanes of at least 4 members (excludes halogenated alkanes) is 1. The Labute approximate surface area is 113 Å². The smallest absolute Gasteiger partial charge is 0.326 e. The summed E-state index contributed by atoms with van der Waals surface area (Å²) in [6, 6.07) is 0. The van der Waals surface area contributed by atoms with Crippen LogP contribution in [0, 0.1) is 0 Å². The van der Waals surface area contributed by atoms with Crippen molar-refractivity contribution in [2.75, 3.05) is 6.61 Å². The second-order valence-corrected chi connectivity index (χ2v) is 4.79. The minimum Gasteiger partial charge on any atom is -0.464 e. The molecule has 2 aromatic heterocycles. The van der Waals surface area contributed by atoms with E-state index in [9.17, 15) is 4.79 Å². The SMILES string of the molecule is CCCCOC(=O)Cn1cc(Br)c2cncnc21. The zero-order valence-electron chi connectivity index (χ0n) is 10.1. The lowest BCUT2D eigenvalue weighted by Gasteiger charge is -2.05. The maximum Gasteiger partial charge on any atom is 0.326 e. The Bertz CT molecular complexity index is 553. The van der Waals surface area contributed by atoms with Crippen molar-refractivity contribution in [1.29, 1.82) is 0 Å². The molecule has 0 saturated carbocycles. The molecule has 0 radical (unpaired) electrons. The molecule has 0 amide bonds. The van der Waals surface area contributed by atoms with E-state index in [1.807, 2.05) is 6.20 Å². The first-order chi connectivity index (χ1) is 8.72. The lowest BCUT2D eigenvalue weighted by atomic mass is 10.4. The highest BCUT2D eigenvalue weighted by Crippen LogP contribution is 2.23. The van der Waals surface area contributed by atoms with Crippen molar-refractivity contribution in [1.82, 2.24) is 14.5 Å². The molecule has 5 nitrogen and oxygen atoms in total. The number of hydrogen-bond acceptors (Lipinski definition) is 4. The van der Waals surface area contributed by atoms with Gasteiger partial charge in [-0.1, -0.05) is 13.3 Å². The molecule has 0 saturated heterocycles.